The summed E-state index contributed by atoms with van der Waals surface area (Å²) in [6, 6.07) is 11.9. The van der Waals surface area contributed by atoms with E-state index >= 15 is 0 Å². The number of methoxy groups -OCH3 is 1. The minimum Gasteiger partial charge on any atom is -0.452 e. The first-order valence-corrected chi connectivity index (χ1v) is 8.36. The van der Waals surface area contributed by atoms with Gasteiger partial charge in [0, 0.05) is 34.3 Å². The number of amides is 2. The highest BCUT2D eigenvalue weighted by Gasteiger charge is 2.17. The summed E-state index contributed by atoms with van der Waals surface area (Å²) >= 11 is 12.3. The van der Waals surface area contributed by atoms with Gasteiger partial charge < -0.3 is 15.0 Å². The first kappa shape index (κ1) is 18.1. The second-order valence-electron chi connectivity index (χ2n) is 5.53. The minimum atomic E-state index is -0.481. The topological polar surface area (TPSA) is 74.4 Å². The second-order valence-corrected chi connectivity index (χ2v) is 6.35. The third-order valence-electron chi connectivity index (χ3n) is 3.89. The maximum atomic E-state index is 12.5. The van der Waals surface area contributed by atoms with Crippen molar-refractivity contribution in [3.8, 4) is 0 Å². The number of anilines is 2. The van der Waals surface area contributed by atoms with Gasteiger partial charge in [0.05, 0.1) is 12.1 Å². The highest BCUT2D eigenvalue weighted by Crippen LogP contribution is 2.30. The fraction of sp³-hybridized carbons (Fsp3) is 0.111. The maximum Gasteiger partial charge on any atom is 0.413 e. The van der Waals surface area contributed by atoms with Gasteiger partial charge in [0.2, 0.25) is 0 Å². The van der Waals surface area contributed by atoms with Crippen LogP contribution in [0.25, 0.3) is 10.9 Å². The van der Waals surface area contributed by atoms with Crippen LogP contribution in [0.4, 0.5) is 16.2 Å². The summed E-state index contributed by atoms with van der Waals surface area (Å²) in [5.74, 6) is -0.378. The Labute approximate surface area is 159 Å². The van der Waals surface area contributed by atoms with Crippen LogP contribution in [0, 0.1) is 0 Å². The predicted octanol–water partition coefficient (Wildman–Crippen LogP) is 4.93. The maximum absolute atomic E-state index is 12.5. The number of hydrogen-bond donors (Lipinski definition) is 2. The van der Waals surface area contributed by atoms with E-state index in [1.807, 2.05) is 0 Å². The Kier molecular flexibility index (Phi) is 5.06. The van der Waals surface area contributed by atoms with E-state index in [4.69, 9.17) is 23.2 Å². The van der Waals surface area contributed by atoms with Gasteiger partial charge in [-0.15, -0.1) is 0 Å². The Bertz CT molecular complexity index is 983. The number of ether oxygens (including phenoxy) is 1. The third kappa shape index (κ3) is 3.47. The van der Waals surface area contributed by atoms with Gasteiger partial charge in [-0.1, -0.05) is 23.2 Å². The van der Waals surface area contributed by atoms with Crippen LogP contribution in [0.15, 0.2) is 42.5 Å². The Morgan fingerprint density at radius 3 is 2.46 bits per heavy atom. The smallest absolute Gasteiger partial charge is 0.413 e. The van der Waals surface area contributed by atoms with Crippen molar-refractivity contribution in [2.24, 2.45) is 0 Å². The molecule has 0 fully saturated rings. The highest BCUT2D eigenvalue weighted by atomic mass is 35.5. The molecule has 0 atom stereocenters. The summed E-state index contributed by atoms with van der Waals surface area (Å²) in [4.78, 5) is 28.4. The lowest BCUT2D eigenvalue weighted by molar-refractivity contribution is 0.102. The SMILES string of the molecule is COC(=O)N(C)c1ccc(NC(=O)c2[nH]c3ccc(Cl)cc3c2Cl)cc1. The number of H-pyrrole nitrogens is 1. The van der Waals surface area contributed by atoms with E-state index in [2.05, 4.69) is 15.0 Å². The van der Waals surface area contributed by atoms with Crippen molar-refractivity contribution in [3.63, 3.8) is 0 Å². The van der Waals surface area contributed by atoms with Crippen molar-refractivity contribution in [3.05, 3.63) is 58.2 Å². The molecule has 134 valence electrons. The second kappa shape index (κ2) is 7.27. The summed E-state index contributed by atoms with van der Waals surface area (Å²) in [6.07, 6.45) is -0.481. The van der Waals surface area contributed by atoms with Crippen molar-refractivity contribution in [2.75, 3.05) is 24.4 Å². The van der Waals surface area contributed by atoms with Crippen molar-refractivity contribution >= 4 is 57.5 Å². The summed E-state index contributed by atoms with van der Waals surface area (Å²) in [5.41, 5.74) is 2.16. The summed E-state index contributed by atoms with van der Waals surface area (Å²) in [7, 11) is 2.90. The molecule has 26 heavy (non-hydrogen) atoms. The largest absolute Gasteiger partial charge is 0.452 e. The van der Waals surface area contributed by atoms with Crippen molar-refractivity contribution in [1.29, 1.82) is 0 Å². The van der Waals surface area contributed by atoms with E-state index in [-0.39, 0.29) is 11.6 Å². The van der Waals surface area contributed by atoms with Gasteiger partial charge in [-0.3, -0.25) is 9.69 Å². The number of hydrogen-bond acceptors (Lipinski definition) is 3. The Morgan fingerprint density at radius 1 is 1.12 bits per heavy atom. The molecule has 1 aromatic heterocycles. The van der Waals surface area contributed by atoms with Crippen LogP contribution in [0.2, 0.25) is 10.0 Å². The molecule has 0 radical (unpaired) electrons. The Hall–Kier alpha value is -2.70. The molecule has 3 aromatic rings. The van der Waals surface area contributed by atoms with Crippen LogP contribution in [0.1, 0.15) is 10.5 Å². The van der Waals surface area contributed by atoms with Gasteiger partial charge in [-0.25, -0.2) is 4.79 Å². The number of rotatable bonds is 3. The molecule has 0 unspecified atom stereocenters. The van der Waals surface area contributed by atoms with E-state index in [1.54, 1.807) is 49.5 Å². The van der Waals surface area contributed by atoms with E-state index in [0.717, 1.165) is 5.52 Å². The Morgan fingerprint density at radius 2 is 1.81 bits per heavy atom. The number of nitrogens with one attached hydrogen (secondary N) is 2. The molecule has 6 nitrogen and oxygen atoms in total. The molecule has 3 rings (SSSR count). The normalized spacial score (nSPS) is 10.6. The van der Waals surface area contributed by atoms with Gasteiger partial charge in [-0.05, 0) is 42.5 Å². The molecule has 0 bridgehead atoms. The molecule has 2 aromatic carbocycles. The first-order valence-electron chi connectivity index (χ1n) is 7.60. The van der Waals surface area contributed by atoms with Gasteiger partial charge in [-0.2, -0.15) is 0 Å². The number of aromatic amines is 1. The van der Waals surface area contributed by atoms with E-state index in [0.29, 0.717) is 26.8 Å². The molecular weight excluding hydrogens is 377 g/mol. The molecule has 0 saturated carbocycles. The van der Waals surface area contributed by atoms with Gasteiger partial charge in [0.25, 0.3) is 5.91 Å². The molecule has 0 aliphatic rings. The van der Waals surface area contributed by atoms with Crippen LogP contribution < -0.4 is 10.2 Å². The zero-order chi connectivity index (χ0) is 18.8. The molecule has 0 spiro atoms. The highest BCUT2D eigenvalue weighted by molar-refractivity contribution is 6.40. The number of nitrogens with zero attached hydrogens (tertiary/aromatic N) is 1. The van der Waals surface area contributed by atoms with Crippen molar-refractivity contribution in [1.82, 2.24) is 4.98 Å². The fourth-order valence-electron chi connectivity index (χ4n) is 2.49. The summed E-state index contributed by atoms with van der Waals surface area (Å²) < 4.78 is 4.66. The van der Waals surface area contributed by atoms with E-state index in [9.17, 15) is 9.59 Å². The molecular formula is C18H15Cl2N3O3. The number of aromatic nitrogens is 1. The lowest BCUT2D eigenvalue weighted by atomic mass is 10.2. The van der Waals surface area contributed by atoms with Gasteiger partial charge >= 0.3 is 6.09 Å². The van der Waals surface area contributed by atoms with Gasteiger partial charge in [0.15, 0.2) is 0 Å². The first-order chi connectivity index (χ1) is 12.4. The lowest BCUT2D eigenvalue weighted by Gasteiger charge is -2.15. The molecule has 1 heterocycles. The zero-order valence-corrected chi connectivity index (χ0v) is 15.5. The monoisotopic (exact) mass is 391 g/mol. The number of halogens is 2. The average molecular weight is 392 g/mol. The molecule has 0 aliphatic heterocycles. The van der Waals surface area contributed by atoms with Crippen molar-refractivity contribution in [2.45, 2.75) is 0 Å². The van der Waals surface area contributed by atoms with E-state index < -0.39 is 6.09 Å². The molecule has 8 heteroatoms. The predicted molar refractivity (Wildman–Crippen MR) is 104 cm³/mol. The van der Waals surface area contributed by atoms with Crippen LogP contribution in [0.5, 0.6) is 0 Å². The molecule has 0 saturated heterocycles. The lowest BCUT2D eigenvalue weighted by Crippen LogP contribution is -2.25. The minimum absolute atomic E-state index is 0.250. The number of carbonyl (C=O) groups excluding carboxylic acids is 2. The zero-order valence-electron chi connectivity index (χ0n) is 14.0. The third-order valence-corrected chi connectivity index (χ3v) is 4.51. The number of fused-ring (bicyclic) bond motifs is 1. The van der Waals surface area contributed by atoms with Crippen LogP contribution in [-0.2, 0) is 4.74 Å². The Balaban J connectivity index is 1.80. The van der Waals surface area contributed by atoms with Gasteiger partial charge in [0.1, 0.15) is 5.69 Å². The molecule has 2 amide bonds. The quantitative estimate of drug-likeness (QED) is 0.664. The summed E-state index contributed by atoms with van der Waals surface area (Å²) in [6.45, 7) is 0. The fourth-order valence-corrected chi connectivity index (χ4v) is 2.95. The van der Waals surface area contributed by atoms with E-state index in [1.165, 1.54) is 12.0 Å². The standard InChI is InChI=1S/C18H15Cl2N3O3/c1-23(18(25)26-2)12-6-4-11(5-7-12)21-17(24)16-15(20)13-9-10(19)3-8-14(13)22-16/h3-9,22H,1-2H3,(H,21,24). The van der Waals surface area contributed by atoms with Crippen LogP contribution in [-0.4, -0.2) is 31.1 Å². The average Bonchev–Trinajstić information content (AvgIpc) is 2.97. The van der Waals surface area contributed by atoms with Crippen molar-refractivity contribution < 1.29 is 14.3 Å². The van der Waals surface area contributed by atoms with Crippen LogP contribution in [0.3, 0.4) is 0 Å². The summed E-state index contributed by atoms with van der Waals surface area (Å²) in [5, 5.41) is 4.29. The number of benzene rings is 2. The number of carbonyl (C=O) groups is 2. The van der Waals surface area contributed by atoms with Crippen LogP contribution >= 0.6 is 23.2 Å². The molecule has 2 N–H and O–H groups in total. The molecule has 0 aliphatic carbocycles.